The summed E-state index contributed by atoms with van der Waals surface area (Å²) in [5.74, 6) is 0.733. The molecule has 0 spiro atoms. The van der Waals surface area contributed by atoms with Crippen molar-refractivity contribution in [2.45, 2.75) is 13.5 Å². The third kappa shape index (κ3) is 2.76. The highest BCUT2D eigenvalue weighted by molar-refractivity contribution is 5.33. The lowest BCUT2D eigenvalue weighted by molar-refractivity contribution is 0.347. The van der Waals surface area contributed by atoms with Gasteiger partial charge in [-0.25, -0.2) is 4.98 Å². The summed E-state index contributed by atoms with van der Waals surface area (Å²) >= 11 is 0. The molecule has 0 bridgehead atoms. The number of methoxy groups -OCH3 is 2. The zero-order chi connectivity index (χ0) is 13.8. The summed E-state index contributed by atoms with van der Waals surface area (Å²) in [6.45, 7) is 2.12. The highest BCUT2D eigenvalue weighted by atomic mass is 16.5. The number of nitrogens with zero attached hydrogens (tertiary/aromatic N) is 2. The van der Waals surface area contributed by atoms with Crippen molar-refractivity contribution >= 4 is 0 Å². The molecule has 5 heteroatoms. The molecule has 2 rings (SSSR count). The Hall–Kier alpha value is -2.30. The maximum atomic E-state index is 12.0. The van der Waals surface area contributed by atoms with E-state index in [0.717, 1.165) is 11.3 Å². The van der Waals surface area contributed by atoms with Crippen LogP contribution in [0.25, 0.3) is 0 Å². The van der Waals surface area contributed by atoms with Gasteiger partial charge in [-0.05, 0) is 13.0 Å². The first-order valence-corrected chi connectivity index (χ1v) is 5.90. The highest BCUT2D eigenvalue weighted by Crippen LogP contribution is 2.19. The van der Waals surface area contributed by atoms with Gasteiger partial charge in [0.25, 0.3) is 11.6 Å². The van der Waals surface area contributed by atoms with Gasteiger partial charge in [-0.15, -0.1) is 0 Å². The number of hydrogen-bond donors (Lipinski definition) is 0. The number of rotatable bonds is 4. The molecular formula is C14H16N2O3. The fourth-order valence-corrected chi connectivity index (χ4v) is 1.90. The summed E-state index contributed by atoms with van der Waals surface area (Å²) in [5.41, 5.74) is 1.39. The Labute approximate surface area is 111 Å². The topological polar surface area (TPSA) is 53.4 Å². The van der Waals surface area contributed by atoms with Gasteiger partial charge >= 0.3 is 0 Å². The van der Waals surface area contributed by atoms with Crippen LogP contribution < -0.4 is 15.0 Å². The van der Waals surface area contributed by atoms with Gasteiger partial charge in [0.05, 0.1) is 20.8 Å². The Balaban J connectivity index is 2.46. The van der Waals surface area contributed by atoms with Crippen LogP contribution in [0.1, 0.15) is 11.3 Å². The molecule has 1 heterocycles. The average Bonchev–Trinajstić information content (AvgIpc) is 2.42. The zero-order valence-electron chi connectivity index (χ0n) is 11.2. The summed E-state index contributed by atoms with van der Waals surface area (Å²) in [6.07, 6.45) is 0. The molecule has 1 aromatic heterocycles. The van der Waals surface area contributed by atoms with E-state index in [4.69, 9.17) is 9.47 Å². The van der Waals surface area contributed by atoms with Gasteiger partial charge in [0, 0.05) is 17.3 Å². The number of para-hydroxylation sites is 1. The summed E-state index contributed by atoms with van der Waals surface area (Å²) in [4.78, 5) is 16.2. The normalized spacial score (nSPS) is 10.3. The van der Waals surface area contributed by atoms with Crippen molar-refractivity contribution < 1.29 is 9.47 Å². The smallest absolute Gasteiger partial charge is 0.299 e. The molecule has 0 aliphatic rings. The Morgan fingerprint density at radius 2 is 1.95 bits per heavy atom. The molecular weight excluding hydrogens is 244 g/mol. The maximum Gasteiger partial charge on any atom is 0.299 e. The van der Waals surface area contributed by atoms with E-state index < -0.39 is 0 Å². The third-order valence-electron chi connectivity index (χ3n) is 2.80. The quantitative estimate of drug-likeness (QED) is 0.838. The minimum Gasteiger partial charge on any atom is -0.496 e. The Kier molecular flexibility index (Phi) is 3.85. The zero-order valence-corrected chi connectivity index (χ0v) is 11.2. The van der Waals surface area contributed by atoms with E-state index in [1.165, 1.54) is 17.7 Å². The Bertz CT molecular complexity index is 635. The first-order valence-electron chi connectivity index (χ1n) is 5.90. The fourth-order valence-electron chi connectivity index (χ4n) is 1.90. The van der Waals surface area contributed by atoms with E-state index >= 15 is 0 Å². The monoisotopic (exact) mass is 260 g/mol. The molecule has 0 saturated heterocycles. The van der Waals surface area contributed by atoms with E-state index in [-0.39, 0.29) is 5.56 Å². The van der Waals surface area contributed by atoms with Gasteiger partial charge < -0.3 is 9.47 Å². The second-order valence-corrected chi connectivity index (χ2v) is 4.12. The van der Waals surface area contributed by atoms with Crippen LogP contribution in [0.2, 0.25) is 0 Å². The molecule has 0 aliphatic heterocycles. The van der Waals surface area contributed by atoms with Crippen LogP contribution in [0.4, 0.5) is 0 Å². The minimum absolute atomic E-state index is 0.143. The molecule has 0 saturated carbocycles. The molecule has 5 nitrogen and oxygen atoms in total. The maximum absolute atomic E-state index is 12.0. The lowest BCUT2D eigenvalue weighted by Gasteiger charge is -2.13. The first kappa shape index (κ1) is 13.1. The van der Waals surface area contributed by atoms with E-state index in [1.807, 2.05) is 24.3 Å². The molecule has 2 aromatic rings. The van der Waals surface area contributed by atoms with Crippen molar-refractivity contribution in [1.29, 1.82) is 0 Å². The number of ether oxygens (including phenoxy) is 2. The second kappa shape index (κ2) is 5.56. The van der Waals surface area contributed by atoms with Crippen molar-refractivity contribution in [1.82, 2.24) is 9.55 Å². The molecule has 0 amide bonds. The van der Waals surface area contributed by atoms with E-state index in [0.29, 0.717) is 18.2 Å². The molecule has 0 N–H and O–H groups in total. The van der Waals surface area contributed by atoms with Gasteiger partial charge in [-0.1, -0.05) is 18.2 Å². The standard InChI is InChI=1S/C14H16N2O3/c1-10-8-13(17)16(14(15-10)19-3)9-11-6-4-5-7-12(11)18-2/h4-8H,9H2,1-3H3. The summed E-state index contributed by atoms with van der Waals surface area (Å²) in [6, 6.07) is 9.33. The lowest BCUT2D eigenvalue weighted by Crippen LogP contribution is -2.23. The van der Waals surface area contributed by atoms with Gasteiger partial charge in [0.2, 0.25) is 0 Å². The van der Waals surface area contributed by atoms with Crippen LogP contribution in [0.5, 0.6) is 11.8 Å². The van der Waals surface area contributed by atoms with Gasteiger partial charge in [-0.2, -0.15) is 0 Å². The number of hydrogen-bond acceptors (Lipinski definition) is 4. The Morgan fingerprint density at radius 1 is 1.21 bits per heavy atom. The van der Waals surface area contributed by atoms with Crippen LogP contribution in [0.3, 0.4) is 0 Å². The summed E-state index contributed by atoms with van der Waals surface area (Å²) in [7, 11) is 3.10. The predicted molar refractivity (Wildman–Crippen MR) is 71.9 cm³/mol. The van der Waals surface area contributed by atoms with Crippen molar-refractivity contribution in [2.75, 3.05) is 14.2 Å². The third-order valence-corrected chi connectivity index (χ3v) is 2.80. The largest absolute Gasteiger partial charge is 0.496 e. The summed E-state index contributed by atoms with van der Waals surface area (Å²) in [5, 5.41) is 0. The van der Waals surface area contributed by atoms with Gasteiger partial charge in [-0.3, -0.25) is 9.36 Å². The van der Waals surface area contributed by atoms with Crippen LogP contribution >= 0.6 is 0 Å². The number of aromatic nitrogens is 2. The first-order chi connectivity index (χ1) is 9.15. The molecule has 0 aliphatic carbocycles. The van der Waals surface area contributed by atoms with Crippen molar-refractivity contribution in [3.63, 3.8) is 0 Å². The van der Waals surface area contributed by atoms with Crippen LogP contribution in [0, 0.1) is 6.92 Å². The van der Waals surface area contributed by atoms with E-state index in [1.54, 1.807) is 14.0 Å². The molecule has 1 aromatic carbocycles. The molecule has 0 unspecified atom stereocenters. The van der Waals surface area contributed by atoms with Crippen LogP contribution in [-0.4, -0.2) is 23.8 Å². The molecule has 19 heavy (non-hydrogen) atoms. The van der Waals surface area contributed by atoms with Crippen LogP contribution in [0.15, 0.2) is 35.1 Å². The minimum atomic E-state index is -0.143. The predicted octanol–water partition coefficient (Wildman–Crippen LogP) is 1.62. The Morgan fingerprint density at radius 3 is 2.63 bits per heavy atom. The van der Waals surface area contributed by atoms with Gasteiger partial charge in [0.15, 0.2) is 0 Å². The summed E-state index contributed by atoms with van der Waals surface area (Å²) < 4.78 is 11.9. The highest BCUT2D eigenvalue weighted by Gasteiger charge is 2.10. The van der Waals surface area contributed by atoms with E-state index in [2.05, 4.69) is 4.98 Å². The second-order valence-electron chi connectivity index (χ2n) is 4.12. The fraction of sp³-hybridized carbons (Fsp3) is 0.286. The SMILES string of the molecule is COc1ccccc1Cn1c(OC)nc(C)cc1=O. The van der Waals surface area contributed by atoms with Crippen molar-refractivity contribution in [3.8, 4) is 11.8 Å². The molecule has 0 radical (unpaired) electrons. The average molecular weight is 260 g/mol. The van der Waals surface area contributed by atoms with Crippen molar-refractivity contribution in [2.24, 2.45) is 0 Å². The lowest BCUT2D eigenvalue weighted by atomic mass is 10.2. The van der Waals surface area contributed by atoms with Crippen molar-refractivity contribution in [3.05, 3.63) is 51.9 Å². The molecule has 100 valence electrons. The van der Waals surface area contributed by atoms with Gasteiger partial charge in [0.1, 0.15) is 5.75 Å². The number of benzene rings is 1. The molecule has 0 fully saturated rings. The van der Waals surface area contributed by atoms with Crippen LogP contribution in [-0.2, 0) is 6.54 Å². The van der Waals surface area contributed by atoms with E-state index in [9.17, 15) is 4.79 Å². The molecule has 0 atom stereocenters. The number of aryl methyl sites for hydroxylation is 1.